The number of aryl methyl sites for hydroxylation is 2. The predicted octanol–water partition coefficient (Wildman–Crippen LogP) is 6.27. The zero-order valence-corrected chi connectivity index (χ0v) is 18.8. The lowest BCUT2D eigenvalue weighted by molar-refractivity contribution is -0.122. The van der Waals surface area contributed by atoms with Crippen LogP contribution in [-0.2, 0) is 4.79 Å². The van der Waals surface area contributed by atoms with E-state index in [9.17, 15) is 9.59 Å². The van der Waals surface area contributed by atoms with Crippen LogP contribution in [0.5, 0.6) is 5.75 Å². The lowest BCUT2D eigenvalue weighted by atomic mass is 10.1. The van der Waals surface area contributed by atoms with Gasteiger partial charge in [-0.05, 0) is 80.4 Å². The minimum absolute atomic E-state index is 0.258. The molecule has 0 heterocycles. The second-order valence-electron chi connectivity index (χ2n) is 7.17. The smallest absolute Gasteiger partial charge is 0.265 e. The number of ether oxygens (including phenoxy) is 1. The Morgan fingerprint density at radius 2 is 1.58 bits per heavy atom. The molecule has 0 aliphatic rings. The van der Waals surface area contributed by atoms with E-state index in [4.69, 9.17) is 27.9 Å². The first-order valence-electron chi connectivity index (χ1n) is 9.64. The molecule has 5 nitrogen and oxygen atoms in total. The molecular formula is C24H22Cl2N2O3. The molecule has 0 aromatic heterocycles. The summed E-state index contributed by atoms with van der Waals surface area (Å²) in [6.07, 6.45) is -0.718. The van der Waals surface area contributed by atoms with Crippen molar-refractivity contribution < 1.29 is 14.3 Å². The minimum Gasteiger partial charge on any atom is -0.481 e. The highest BCUT2D eigenvalue weighted by atomic mass is 35.5. The molecule has 0 radical (unpaired) electrons. The summed E-state index contributed by atoms with van der Waals surface area (Å²) in [5.41, 5.74) is 3.63. The van der Waals surface area contributed by atoms with E-state index in [1.54, 1.807) is 49.4 Å². The van der Waals surface area contributed by atoms with Crippen LogP contribution in [0.3, 0.4) is 0 Å². The van der Waals surface area contributed by atoms with E-state index in [-0.39, 0.29) is 11.8 Å². The number of hydrogen-bond donors (Lipinski definition) is 2. The van der Waals surface area contributed by atoms with Gasteiger partial charge in [0.25, 0.3) is 11.8 Å². The summed E-state index contributed by atoms with van der Waals surface area (Å²) in [5.74, 6) is -0.122. The molecule has 7 heteroatoms. The monoisotopic (exact) mass is 456 g/mol. The number of amides is 2. The van der Waals surface area contributed by atoms with Gasteiger partial charge in [0.15, 0.2) is 6.10 Å². The molecule has 2 amide bonds. The molecule has 0 aliphatic carbocycles. The van der Waals surface area contributed by atoms with E-state index in [0.717, 1.165) is 16.8 Å². The largest absolute Gasteiger partial charge is 0.481 e. The van der Waals surface area contributed by atoms with Crippen molar-refractivity contribution in [3.8, 4) is 5.75 Å². The van der Waals surface area contributed by atoms with Crippen molar-refractivity contribution in [1.29, 1.82) is 0 Å². The maximum atomic E-state index is 12.5. The molecular weight excluding hydrogens is 435 g/mol. The zero-order chi connectivity index (χ0) is 22.5. The lowest BCUT2D eigenvalue weighted by Gasteiger charge is -2.16. The molecule has 3 aromatic rings. The van der Waals surface area contributed by atoms with Crippen LogP contribution in [0.2, 0.25) is 10.0 Å². The van der Waals surface area contributed by atoms with Crippen LogP contribution >= 0.6 is 23.2 Å². The van der Waals surface area contributed by atoms with Crippen LogP contribution in [0.4, 0.5) is 11.4 Å². The second kappa shape index (κ2) is 9.86. The second-order valence-corrected chi connectivity index (χ2v) is 8.01. The summed E-state index contributed by atoms with van der Waals surface area (Å²) < 4.78 is 5.72. The van der Waals surface area contributed by atoms with Gasteiger partial charge in [-0.25, -0.2) is 0 Å². The molecule has 160 valence electrons. The Bertz CT molecular complexity index is 1110. The predicted molar refractivity (Wildman–Crippen MR) is 125 cm³/mol. The standard InChI is InChI=1S/C24H22Cl2N2O3/c1-14-4-5-15(2)21(12-14)27-23(29)16(3)31-19-9-6-17(7-10-19)24(30)28-22-13-18(25)8-11-20(22)26/h4-13,16H,1-3H3,(H,27,29)(H,28,30). The molecule has 1 unspecified atom stereocenters. The maximum absolute atomic E-state index is 12.5. The molecule has 0 fully saturated rings. The topological polar surface area (TPSA) is 67.4 Å². The summed E-state index contributed by atoms with van der Waals surface area (Å²) >= 11 is 12.0. The van der Waals surface area contributed by atoms with E-state index in [1.165, 1.54) is 0 Å². The van der Waals surface area contributed by atoms with Crippen LogP contribution in [0.25, 0.3) is 0 Å². The Labute approximate surface area is 191 Å². The fraction of sp³-hybridized carbons (Fsp3) is 0.167. The zero-order valence-electron chi connectivity index (χ0n) is 17.3. The van der Waals surface area contributed by atoms with Crippen molar-refractivity contribution in [2.45, 2.75) is 26.9 Å². The number of rotatable bonds is 6. The molecule has 2 N–H and O–H groups in total. The van der Waals surface area contributed by atoms with Crippen molar-refractivity contribution >= 4 is 46.4 Å². The highest BCUT2D eigenvalue weighted by Gasteiger charge is 2.16. The highest BCUT2D eigenvalue weighted by molar-refractivity contribution is 6.35. The first-order valence-corrected chi connectivity index (χ1v) is 10.4. The third-order valence-electron chi connectivity index (χ3n) is 4.63. The molecule has 0 saturated carbocycles. The van der Waals surface area contributed by atoms with Crippen molar-refractivity contribution in [2.75, 3.05) is 10.6 Å². The maximum Gasteiger partial charge on any atom is 0.265 e. The quantitative estimate of drug-likeness (QED) is 0.459. The van der Waals surface area contributed by atoms with Crippen LogP contribution in [0.1, 0.15) is 28.4 Å². The van der Waals surface area contributed by atoms with E-state index in [0.29, 0.717) is 27.0 Å². The molecule has 0 spiro atoms. The summed E-state index contributed by atoms with van der Waals surface area (Å²) in [6, 6.07) is 17.2. The normalized spacial score (nSPS) is 11.5. The van der Waals surface area contributed by atoms with Gasteiger partial charge in [-0.3, -0.25) is 9.59 Å². The van der Waals surface area contributed by atoms with Gasteiger partial charge in [0, 0.05) is 16.3 Å². The van der Waals surface area contributed by atoms with Crippen molar-refractivity contribution in [3.63, 3.8) is 0 Å². The molecule has 31 heavy (non-hydrogen) atoms. The Morgan fingerprint density at radius 3 is 2.29 bits per heavy atom. The SMILES string of the molecule is Cc1ccc(C)c(NC(=O)C(C)Oc2ccc(C(=O)Nc3cc(Cl)ccc3Cl)cc2)c1. The number of hydrogen-bond acceptors (Lipinski definition) is 3. The van der Waals surface area contributed by atoms with Gasteiger partial charge >= 0.3 is 0 Å². The molecule has 0 aliphatic heterocycles. The van der Waals surface area contributed by atoms with Gasteiger partial charge in [-0.2, -0.15) is 0 Å². The van der Waals surface area contributed by atoms with Gasteiger partial charge in [0.05, 0.1) is 10.7 Å². The third kappa shape index (κ3) is 6.00. The van der Waals surface area contributed by atoms with E-state index < -0.39 is 6.10 Å². The Balaban J connectivity index is 1.61. The van der Waals surface area contributed by atoms with E-state index >= 15 is 0 Å². The van der Waals surface area contributed by atoms with Crippen LogP contribution in [0, 0.1) is 13.8 Å². The summed E-state index contributed by atoms with van der Waals surface area (Å²) in [5, 5.41) is 6.47. The number of nitrogens with one attached hydrogen (secondary N) is 2. The van der Waals surface area contributed by atoms with Crippen molar-refractivity contribution in [3.05, 3.63) is 87.4 Å². The molecule has 3 rings (SSSR count). The van der Waals surface area contributed by atoms with Crippen LogP contribution < -0.4 is 15.4 Å². The molecule has 0 bridgehead atoms. The van der Waals surface area contributed by atoms with E-state index in [1.807, 2.05) is 32.0 Å². The number of carbonyl (C=O) groups excluding carboxylic acids is 2. The first kappa shape index (κ1) is 22.7. The Kier molecular flexibility index (Phi) is 7.21. The first-order chi connectivity index (χ1) is 14.7. The number of carbonyl (C=O) groups is 2. The van der Waals surface area contributed by atoms with Gasteiger partial charge in [-0.1, -0.05) is 35.3 Å². The Hall–Kier alpha value is -3.02. The molecule has 3 aromatic carbocycles. The number of anilines is 2. The highest BCUT2D eigenvalue weighted by Crippen LogP contribution is 2.26. The fourth-order valence-corrected chi connectivity index (χ4v) is 3.17. The molecule has 1 atom stereocenters. The van der Waals surface area contributed by atoms with Crippen molar-refractivity contribution in [1.82, 2.24) is 0 Å². The lowest BCUT2D eigenvalue weighted by Crippen LogP contribution is -2.30. The molecule has 0 saturated heterocycles. The number of halogens is 2. The van der Waals surface area contributed by atoms with Gasteiger partial charge in [-0.15, -0.1) is 0 Å². The van der Waals surface area contributed by atoms with Gasteiger partial charge in [0.2, 0.25) is 0 Å². The van der Waals surface area contributed by atoms with Crippen LogP contribution in [0.15, 0.2) is 60.7 Å². The van der Waals surface area contributed by atoms with Crippen LogP contribution in [-0.4, -0.2) is 17.9 Å². The average molecular weight is 457 g/mol. The third-order valence-corrected chi connectivity index (χ3v) is 5.19. The minimum atomic E-state index is -0.718. The fourth-order valence-electron chi connectivity index (χ4n) is 2.84. The summed E-state index contributed by atoms with van der Waals surface area (Å²) in [4.78, 5) is 25.0. The summed E-state index contributed by atoms with van der Waals surface area (Å²) in [6.45, 7) is 5.57. The van der Waals surface area contributed by atoms with Gasteiger partial charge < -0.3 is 15.4 Å². The van der Waals surface area contributed by atoms with Gasteiger partial charge in [0.1, 0.15) is 5.75 Å². The average Bonchev–Trinajstić information content (AvgIpc) is 2.73. The number of benzene rings is 3. The Morgan fingerprint density at radius 1 is 0.871 bits per heavy atom. The summed E-state index contributed by atoms with van der Waals surface area (Å²) in [7, 11) is 0. The van der Waals surface area contributed by atoms with Crippen molar-refractivity contribution in [2.24, 2.45) is 0 Å². The van der Waals surface area contributed by atoms with E-state index in [2.05, 4.69) is 10.6 Å².